The smallest absolute Gasteiger partial charge is 0.153 e. The molecule has 0 aliphatic heterocycles. The van der Waals surface area contributed by atoms with Gasteiger partial charge in [-0.1, -0.05) is 72.8 Å². The van der Waals surface area contributed by atoms with Crippen molar-refractivity contribution < 1.29 is 79.0 Å². The molecule has 0 bridgehead atoms. The van der Waals surface area contributed by atoms with Crippen LogP contribution in [0, 0.1) is 48.5 Å². The van der Waals surface area contributed by atoms with Gasteiger partial charge in [0.05, 0.1) is 36.5 Å². The van der Waals surface area contributed by atoms with E-state index in [9.17, 15) is 39.6 Å². The van der Waals surface area contributed by atoms with E-state index in [2.05, 4.69) is 0 Å². The van der Waals surface area contributed by atoms with Crippen LogP contribution in [0.1, 0.15) is 91.5 Å². The summed E-state index contributed by atoms with van der Waals surface area (Å²) < 4.78 is 21.7. The van der Waals surface area contributed by atoms with Crippen LogP contribution in [-0.2, 0) is 13.2 Å². The first kappa shape index (κ1) is 63.3. The molecule has 0 atom stereocenters. The molecule has 0 heterocycles. The average Bonchev–Trinajstić information content (AvgIpc) is 3.46. The molecule has 0 saturated carbocycles. The number of aromatic hydroxyl groups is 8. The highest BCUT2D eigenvalue weighted by atomic mass is 16.5. The summed E-state index contributed by atoms with van der Waals surface area (Å²) in [5.74, 6) is 2.87. The summed E-state index contributed by atoms with van der Waals surface area (Å²) in [5, 5.41) is 73.4. The largest absolute Gasteiger partial charge is 0.508 e. The molecular weight excluding hydrogens is 1010 g/mol. The topological polar surface area (TPSA) is 267 Å². The number of carbonyl (C=O) groups is 4. The van der Waals surface area contributed by atoms with Crippen molar-refractivity contribution in [2.45, 2.75) is 61.7 Å². The van der Waals surface area contributed by atoms with Crippen LogP contribution < -0.4 is 18.9 Å². The maximum Gasteiger partial charge on any atom is 0.153 e. The van der Waals surface area contributed by atoms with Crippen LogP contribution in [0.3, 0.4) is 0 Å². The van der Waals surface area contributed by atoms with Gasteiger partial charge >= 0.3 is 0 Å². The number of phenolic OH excluding ortho intramolecular Hbond substituents is 8. The molecule has 0 fully saturated rings. The van der Waals surface area contributed by atoms with Crippen LogP contribution in [0.5, 0.6) is 69.0 Å². The minimum Gasteiger partial charge on any atom is -0.508 e. The Hall–Kier alpha value is -9.96. The lowest BCUT2D eigenvalue weighted by Gasteiger charge is -2.13. The lowest BCUT2D eigenvalue weighted by atomic mass is 10.1. The monoisotopic (exact) mass is 1080 g/mol. The molecule has 16 heteroatoms. The van der Waals surface area contributed by atoms with Gasteiger partial charge in [0.25, 0.3) is 0 Å². The third-order valence-corrected chi connectivity index (χ3v) is 11.9. The van der Waals surface area contributed by atoms with Crippen molar-refractivity contribution in [1.82, 2.24) is 0 Å². The summed E-state index contributed by atoms with van der Waals surface area (Å²) >= 11 is 0. The number of benzene rings is 8. The predicted molar refractivity (Wildman–Crippen MR) is 301 cm³/mol. The van der Waals surface area contributed by atoms with Gasteiger partial charge in [0, 0.05) is 33.4 Å². The predicted octanol–water partition coefficient (Wildman–Crippen LogP) is 12.3. The zero-order chi connectivity index (χ0) is 58.8. The van der Waals surface area contributed by atoms with Crippen molar-refractivity contribution in [3.05, 3.63) is 212 Å². The quantitative estimate of drug-likeness (QED) is 0.0529. The molecular formula is C63H66O16. The van der Waals surface area contributed by atoms with E-state index >= 15 is 0 Å². The van der Waals surface area contributed by atoms with Crippen LogP contribution in [0.4, 0.5) is 0 Å². The Morgan fingerprint density at radius 3 is 1.05 bits per heavy atom. The molecule has 0 aromatic heterocycles. The number of phenols is 8. The van der Waals surface area contributed by atoms with Crippen LogP contribution in [0.2, 0.25) is 0 Å². The van der Waals surface area contributed by atoms with Crippen molar-refractivity contribution in [2.75, 3.05) is 14.2 Å². The van der Waals surface area contributed by atoms with E-state index < -0.39 is 0 Å². The number of carbonyl (C=O) groups excluding carboxylic acids is 4. The minimum atomic E-state index is -0.153. The summed E-state index contributed by atoms with van der Waals surface area (Å²) in [6.45, 7) is 13.0. The van der Waals surface area contributed by atoms with E-state index in [1.807, 2.05) is 87.5 Å². The Bertz CT molecular complexity index is 3200. The SMILES string of the molecule is COc1c(C)ccc(O)c1C.COc1c(C=O)ccc(OCc2ccccc2)c1C.Cc1c(O)ccc(C=O)c1O.Cc1c(O)ccc(C=O)c1O.Cc1c(O)cccc1O.Cc1c(OCc2ccccc2)ccc(C=O)c1O. The van der Waals surface area contributed by atoms with E-state index in [1.165, 1.54) is 50.2 Å². The Morgan fingerprint density at radius 1 is 0.329 bits per heavy atom. The highest BCUT2D eigenvalue weighted by Crippen LogP contribution is 2.33. The molecule has 16 nitrogen and oxygen atoms in total. The first-order chi connectivity index (χ1) is 37.7. The number of hydrogen-bond donors (Lipinski definition) is 8. The molecule has 0 aliphatic carbocycles. The van der Waals surface area contributed by atoms with Gasteiger partial charge in [0.15, 0.2) is 25.1 Å². The Morgan fingerprint density at radius 2 is 0.671 bits per heavy atom. The molecule has 0 radical (unpaired) electrons. The second-order valence-corrected chi connectivity index (χ2v) is 17.2. The Labute approximate surface area is 459 Å². The normalized spacial score (nSPS) is 9.78. The van der Waals surface area contributed by atoms with Crippen LogP contribution in [-0.4, -0.2) is 80.2 Å². The van der Waals surface area contributed by atoms with Crippen LogP contribution in [0.25, 0.3) is 0 Å². The fourth-order valence-corrected chi connectivity index (χ4v) is 6.99. The second kappa shape index (κ2) is 31.8. The van der Waals surface area contributed by atoms with Gasteiger partial charge < -0.3 is 59.8 Å². The fraction of sp³-hybridized carbons (Fsp3) is 0.175. The van der Waals surface area contributed by atoms with Gasteiger partial charge in [-0.3, -0.25) is 19.2 Å². The minimum absolute atomic E-state index is 0.00639. The summed E-state index contributed by atoms with van der Waals surface area (Å²) in [4.78, 5) is 42.1. The van der Waals surface area contributed by atoms with Gasteiger partial charge in [-0.25, -0.2) is 0 Å². The van der Waals surface area contributed by atoms with E-state index in [1.54, 1.807) is 64.5 Å². The van der Waals surface area contributed by atoms with Crippen molar-refractivity contribution in [2.24, 2.45) is 0 Å². The standard InChI is InChI=1S/C16H16O3.C15H14O3.C9H12O2.2C8H8O3.C7H8O2/c1-12-15(9-8-14(10-17)16(12)18-2)19-11-13-6-4-3-5-7-13;1-11-14(8-7-13(9-16)15(11)17)18-10-12-5-3-2-4-6-12;1-6-4-5-8(10)7(2)9(6)11-3;2*1-5-7(10)3-2-6(4-9)8(5)11;1-5-6(8)3-2-4-7(5)9/h3-10H,11H2,1-2H3;2-9,17H,10H2,1H3;4-5,10H,1-3H3;2*2-4,10-11H,1H3;2-4,8-9H,1H3. The van der Waals surface area contributed by atoms with E-state index in [4.69, 9.17) is 39.4 Å². The van der Waals surface area contributed by atoms with Gasteiger partial charge in [0.2, 0.25) is 0 Å². The maximum atomic E-state index is 10.9. The number of aldehydes is 4. The molecule has 0 amide bonds. The van der Waals surface area contributed by atoms with Crippen LogP contribution in [0.15, 0.2) is 140 Å². The van der Waals surface area contributed by atoms with Crippen molar-refractivity contribution >= 4 is 25.1 Å². The number of rotatable bonds is 12. The van der Waals surface area contributed by atoms with Crippen molar-refractivity contribution in [3.8, 4) is 69.0 Å². The maximum absolute atomic E-state index is 10.9. The summed E-state index contributed by atoms with van der Waals surface area (Å²) in [7, 11) is 3.16. The molecule has 79 heavy (non-hydrogen) atoms. The third kappa shape index (κ3) is 18.4. The molecule has 0 aliphatic rings. The zero-order valence-electron chi connectivity index (χ0n) is 45.3. The van der Waals surface area contributed by atoms with E-state index in [-0.39, 0.29) is 62.7 Å². The highest BCUT2D eigenvalue weighted by Gasteiger charge is 2.13. The van der Waals surface area contributed by atoms with E-state index in [0.29, 0.717) is 71.4 Å². The summed E-state index contributed by atoms with van der Waals surface area (Å²) in [5.41, 5.74) is 7.79. The lowest BCUT2D eigenvalue weighted by molar-refractivity contribution is 0.111. The summed E-state index contributed by atoms with van der Waals surface area (Å²) in [6.07, 6.45) is 2.50. The summed E-state index contributed by atoms with van der Waals surface area (Å²) in [6, 6.07) is 40.1. The molecule has 8 N–H and O–H groups in total. The zero-order valence-corrected chi connectivity index (χ0v) is 45.3. The highest BCUT2D eigenvalue weighted by molar-refractivity contribution is 5.82. The molecule has 0 spiro atoms. The van der Waals surface area contributed by atoms with Crippen molar-refractivity contribution in [1.29, 1.82) is 0 Å². The van der Waals surface area contributed by atoms with E-state index in [0.717, 1.165) is 45.6 Å². The fourth-order valence-electron chi connectivity index (χ4n) is 6.99. The van der Waals surface area contributed by atoms with Crippen molar-refractivity contribution in [3.63, 3.8) is 0 Å². The Kier molecular flexibility index (Phi) is 25.5. The van der Waals surface area contributed by atoms with Gasteiger partial charge in [-0.05, 0) is 132 Å². The van der Waals surface area contributed by atoms with Gasteiger partial charge in [0.1, 0.15) is 82.2 Å². The Balaban J connectivity index is 0.000000255. The second-order valence-electron chi connectivity index (χ2n) is 17.2. The third-order valence-electron chi connectivity index (χ3n) is 11.9. The first-order valence-electron chi connectivity index (χ1n) is 24.2. The number of methoxy groups -OCH3 is 2. The molecule has 8 aromatic carbocycles. The molecule has 0 unspecified atom stereocenters. The number of aryl methyl sites for hydroxylation is 1. The van der Waals surface area contributed by atoms with Gasteiger partial charge in [-0.2, -0.15) is 0 Å². The number of hydrogen-bond acceptors (Lipinski definition) is 16. The average molecular weight is 1080 g/mol. The molecule has 8 rings (SSSR count). The first-order valence-corrected chi connectivity index (χ1v) is 24.2. The van der Waals surface area contributed by atoms with Gasteiger partial charge in [-0.15, -0.1) is 0 Å². The molecule has 8 aromatic rings. The number of ether oxygens (including phenoxy) is 4. The molecule has 0 saturated heterocycles. The lowest BCUT2D eigenvalue weighted by Crippen LogP contribution is -2.00. The van der Waals surface area contributed by atoms with Crippen LogP contribution >= 0.6 is 0 Å². The molecule has 414 valence electrons.